The van der Waals surface area contributed by atoms with E-state index in [4.69, 9.17) is 0 Å². The van der Waals surface area contributed by atoms with Crippen LogP contribution in [0.15, 0.2) is 16.6 Å². The topological polar surface area (TPSA) is 69.4 Å². The number of halogens is 3. The number of nitrogens with zero attached hydrogens (tertiary/aromatic N) is 1. The maximum atomic E-state index is 12.1. The summed E-state index contributed by atoms with van der Waals surface area (Å²) in [5.74, 6) is -1.02. The standard InChI is InChI=1S/C9H6BrF2NO4/c1-4(14)5-2-6(10)8(17-9(11)12)7(3-5)13(15)16/h2-3,9H,1H3. The number of hydrogen-bond acceptors (Lipinski definition) is 4. The van der Waals surface area contributed by atoms with Gasteiger partial charge in [0.15, 0.2) is 5.78 Å². The van der Waals surface area contributed by atoms with Crippen LogP contribution in [0.1, 0.15) is 17.3 Å². The molecular weight excluding hydrogens is 304 g/mol. The number of carbonyl (C=O) groups is 1. The van der Waals surface area contributed by atoms with Crippen molar-refractivity contribution in [2.75, 3.05) is 0 Å². The van der Waals surface area contributed by atoms with Crippen LogP contribution in [0.5, 0.6) is 5.75 Å². The summed E-state index contributed by atoms with van der Waals surface area (Å²) in [6.45, 7) is -1.98. The molecule has 0 radical (unpaired) electrons. The van der Waals surface area contributed by atoms with E-state index in [1.54, 1.807) is 0 Å². The van der Waals surface area contributed by atoms with Crippen molar-refractivity contribution in [2.45, 2.75) is 13.5 Å². The number of ketones is 1. The number of carbonyl (C=O) groups excluding carboxylic acids is 1. The molecule has 5 nitrogen and oxygen atoms in total. The molecule has 0 aliphatic carbocycles. The van der Waals surface area contributed by atoms with Crippen LogP contribution >= 0.6 is 15.9 Å². The fourth-order valence-corrected chi connectivity index (χ4v) is 1.67. The van der Waals surface area contributed by atoms with Gasteiger partial charge in [0.1, 0.15) is 0 Å². The molecule has 8 heteroatoms. The van der Waals surface area contributed by atoms with E-state index < -0.39 is 28.8 Å². The van der Waals surface area contributed by atoms with Crippen molar-refractivity contribution in [3.63, 3.8) is 0 Å². The van der Waals surface area contributed by atoms with Gasteiger partial charge < -0.3 is 4.74 Å². The maximum absolute atomic E-state index is 12.1. The number of Topliss-reactive ketones (excluding diaryl/α,β-unsaturated/α-hetero) is 1. The van der Waals surface area contributed by atoms with E-state index in [0.29, 0.717) is 0 Å². The van der Waals surface area contributed by atoms with Crippen molar-refractivity contribution >= 4 is 27.4 Å². The predicted molar refractivity (Wildman–Crippen MR) is 57.4 cm³/mol. The zero-order chi connectivity index (χ0) is 13.2. The zero-order valence-electron chi connectivity index (χ0n) is 8.45. The van der Waals surface area contributed by atoms with Gasteiger partial charge in [-0.1, -0.05) is 0 Å². The summed E-state index contributed by atoms with van der Waals surface area (Å²) in [5.41, 5.74) is -0.657. The molecule has 92 valence electrons. The number of nitro groups is 1. The Morgan fingerprint density at radius 1 is 1.53 bits per heavy atom. The van der Waals surface area contributed by atoms with E-state index in [0.717, 1.165) is 6.07 Å². The molecule has 0 amide bonds. The Bertz CT molecular complexity index is 478. The first-order valence-electron chi connectivity index (χ1n) is 4.26. The molecule has 0 fully saturated rings. The molecule has 0 saturated carbocycles. The molecule has 0 bridgehead atoms. The Kier molecular flexibility index (Phi) is 4.11. The second kappa shape index (κ2) is 5.17. The summed E-state index contributed by atoms with van der Waals surface area (Å²) in [4.78, 5) is 20.9. The van der Waals surface area contributed by atoms with Crippen molar-refractivity contribution in [3.05, 3.63) is 32.3 Å². The van der Waals surface area contributed by atoms with Gasteiger partial charge in [-0.3, -0.25) is 14.9 Å². The van der Waals surface area contributed by atoms with Crippen LogP contribution in [0.2, 0.25) is 0 Å². The van der Waals surface area contributed by atoms with E-state index in [1.165, 1.54) is 13.0 Å². The van der Waals surface area contributed by atoms with E-state index in [-0.39, 0.29) is 10.0 Å². The minimum atomic E-state index is -3.19. The van der Waals surface area contributed by atoms with Crippen LogP contribution in [0.4, 0.5) is 14.5 Å². The lowest BCUT2D eigenvalue weighted by molar-refractivity contribution is -0.386. The summed E-state index contributed by atoms with van der Waals surface area (Å²) >= 11 is 2.85. The number of ether oxygens (including phenoxy) is 1. The Hall–Kier alpha value is -1.57. The molecule has 0 spiro atoms. The number of hydrogen-bond donors (Lipinski definition) is 0. The highest BCUT2D eigenvalue weighted by Gasteiger charge is 2.24. The largest absolute Gasteiger partial charge is 0.426 e. The lowest BCUT2D eigenvalue weighted by Crippen LogP contribution is -2.06. The van der Waals surface area contributed by atoms with Crippen LogP contribution in [-0.4, -0.2) is 17.3 Å². The second-order valence-electron chi connectivity index (χ2n) is 3.00. The average molecular weight is 310 g/mol. The van der Waals surface area contributed by atoms with E-state index >= 15 is 0 Å². The smallest absolute Gasteiger partial charge is 0.387 e. The fourth-order valence-electron chi connectivity index (χ4n) is 1.12. The zero-order valence-corrected chi connectivity index (χ0v) is 10.0. The highest BCUT2D eigenvalue weighted by atomic mass is 79.9. The lowest BCUT2D eigenvalue weighted by atomic mass is 10.1. The van der Waals surface area contributed by atoms with Crippen molar-refractivity contribution < 1.29 is 23.2 Å². The number of alkyl halides is 2. The quantitative estimate of drug-likeness (QED) is 0.486. The maximum Gasteiger partial charge on any atom is 0.387 e. The lowest BCUT2D eigenvalue weighted by Gasteiger charge is -2.08. The Morgan fingerprint density at radius 3 is 2.53 bits per heavy atom. The van der Waals surface area contributed by atoms with Crippen molar-refractivity contribution in [1.29, 1.82) is 0 Å². The highest BCUT2D eigenvalue weighted by Crippen LogP contribution is 2.37. The van der Waals surface area contributed by atoms with Gasteiger partial charge >= 0.3 is 12.3 Å². The predicted octanol–water partition coefficient (Wildman–Crippen LogP) is 3.16. The summed E-state index contributed by atoms with van der Waals surface area (Å²) in [5, 5.41) is 10.7. The average Bonchev–Trinajstić information content (AvgIpc) is 2.19. The van der Waals surface area contributed by atoms with Crippen LogP contribution in [0.25, 0.3) is 0 Å². The Labute approximate surface area is 103 Å². The minimum Gasteiger partial charge on any atom is -0.426 e. The molecule has 0 aromatic heterocycles. The molecular formula is C9H6BrF2NO4. The summed E-state index contributed by atoms with van der Waals surface area (Å²) in [7, 11) is 0. The second-order valence-corrected chi connectivity index (χ2v) is 3.85. The SMILES string of the molecule is CC(=O)c1cc(Br)c(OC(F)F)c([N+](=O)[O-])c1. The molecule has 1 aromatic rings. The van der Waals surface area contributed by atoms with Gasteiger partial charge in [0.2, 0.25) is 5.75 Å². The normalized spacial score (nSPS) is 10.4. The molecule has 1 rings (SSSR count). The van der Waals surface area contributed by atoms with Gasteiger partial charge in [-0.2, -0.15) is 8.78 Å². The Morgan fingerprint density at radius 2 is 2.12 bits per heavy atom. The summed E-state index contributed by atoms with van der Waals surface area (Å²) in [6.07, 6.45) is 0. The van der Waals surface area contributed by atoms with Crippen molar-refractivity contribution in [1.82, 2.24) is 0 Å². The molecule has 0 heterocycles. The van der Waals surface area contributed by atoms with Gasteiger partial charge in [-0.15, -0.1) is 0 Å². The molecule has 0 unspecified atom stereocenters. The van der Waals surface area contributed by atoms with Gasteiger partial charge in [0.05, 0.1) is 9.40 Å². The van der Waals surface area contributed by atoms with E-state index in [2.05, 4.69) is 20.7 Å². The fraction of sp³-hybridized carbons (Fsp3) is 0.222. The first kappa shape index (κ1) is 13.5. The highest BCUT2D eigenvalue weighted by molar-refractivity contribution is 9.10. The molecule has 0 atom stereocenters. The van der Waals surface area contributed by atoms with E-state index in [9.17, 15) is 23.7 Å². The summed E-state index contributed by atoms with van der Waals surface area (Å²) < 4.78 is 28.1. The van der Waals surface area contributed by atoms with Gasteiger partial charge in [-0.25, -0.2) is 0 Å². The van der Waals surface area contributed by atoms with Crippen molar-refractivity contribution in [3.8, 4) is 5.75 Å². The third-order valence-corrected chi connectivity index (χ3v) is 2.42. The third-order valence-electron chi connectivity index (χ3n) is 1.83. The first-order valence-corrected chi connectivity index (χ1v) is 5.06. The molecule has 17 heavy (non-hydrogen) atoms. The Balaban J connectivity index is 3.38. The summed E-state index contributed by atoms with van der Waals surface area (Å²) in [6, 6.07) is 2.08. The third kappa shape index (κ3) is 3.19. The van der Waals surface area contributed by atoms with Gasteiger partial charge in [-0.05, 0) is 28.9 Å². The van der Waals surface area contributed by atoms with Crippen LogP contribution in [0.3, 0.4) is 0 Å². The number of rotatable bonds is 4. The van der Waals surface area contributed by atoms with Gasteiger partial charge in [0.25, 0.3) is 0 Å². The van der Waals surface area contributed by atoms with Crippen LogP contribution < -0.4 is 4.74 Å². The number of benzene rings is 1. The minimum absolute atomic E-state index is 0.0326. The molecule has 0 aliphatic rings. The van der Waals surface area contributed by atoms with E-state index in [1.807, 2.05) is 0 Å². The van der Waals surface area contributed by atoms with Gasteiger partial charge in [0, 0.05) is 11.6 Å². The van der Waals surface area contributed by atoms with Crippen LogP contribution in [-0.2, 0) is 0 Å². The molecule has 0 N–H and O–H groups in total. The molecule has 1 aromatic carbocycles. The molecule has 0 aliphatic heterocycles. The molecule has 0 saturated heterocycles. The number of nitro benzene ring substituents is 1. The van der Waals surface area contributed by atoms with Crippen LogP contribution in [0, 0.1) is 10.1 Å². The first-order chi connectivity index (χ1) is 7.82. The van der Waals surface area contributed by atoms with Crippen molar-refractivity contribution in [2.24, 2.45) is 0 Å². The monoisotopic (exact) mass is 309 g/mol.